The Kier molecular flexibility index (Phi) is 4.33. The van der Waals surface area contributed by atoms with Crippen LogP contribution in [0.1, 0.15) is 10.4 Å². The third kappa shape index (κ3) is 3.39. The van der Waals surface area contributed by atoms with Gasteiger partial charge in [0.2, 0.25) is 5.89 Å². The van der Waals surface area contributed by atoms with Gasteiger partial charge in [0.1, 0.15) is 18.7 Å². The highest BCUT2D eigenvalue weighted by atomic mass is 35.5. The summed E-state index contributed by atoms with van der Waals surface area (Å²) in [6, 6.07) is 17.7. The number of hydrogen-bond acceptors (Lipinski definition) is 5. The van der Waals surface area contributed by atoms with Gasteiger partial charge in [0.25, 0.3) is 5.91 Å². The molecule has 7 heteroatoms. The number of ether oxygens (including phenoxy) is 2. The number of carbonyl (C=O) groups is 1. The topological polar surface area (TPSA) is 73.6 Å². The molecule has 0 fully saturated rings. The highest BCUT2D eigenvalue weighted by molar-refractivity contribution is 6.33. The van der Waals surface area contributed by atoms with Gasteiger partial charge in [-0.3, -0.25) is 4.79 Å². The average molecular weight is 407 g/mol. The highest BCUT2D eigenvalue weighted by Crippen LogP contribution is 2.32. The Labute approximate surface area is 171 Å². The molecule has 3 aromatic carbocycles. The molecule has 0 saturated heterocycles. The smallest absolute Gasteiger partial charge is 0.255 e. The Morgan fingerprint density at radius 1 is 0.966 bits per heavy atom. The van der Waals surface area contributed by atoms with Gasteiger partial charge in [0.05, 0.1) is 10.6 Å². The van der Waals surface area contributed by atoms with Crippen molar-refractivity contribution >= 4 is 34.3 Å². The SMILES string of the molecule is O=C(Nc1ccc2oc(-c3ccccc3Cl)nc2c1)c1ccc2c(c1)OCCO2. The molecule has 2 heterocycles. The lowest BCUT2D eigenvalue weighted by Gasteiger charge is -2.18. The number of fused-ring (bicyclic) bond motifs is 2. The molecule has 0 atom stereocenters. The largest absolute Gasteiger partial charge is 0.486 e. The van der Waals surface area contributed by atoms with E-state index in [-0.39, 0.29) is 5.91 Å². The maximum Gasteiger partial charge on any atom is 0.255 e. The Hall–Kier alpha value is -3.51. The van der Waals surface area contributed by atoms with Gasteiger partial charge in [-0.25, -0.2) is 4.98 Å². The zero-order chi connectivity index (χ0) is 19.8. The first kappa shape index (κ1) is 17.6. The molecule has 5 rings (SSSR count). The third-order valence-electron chi connectivity index (χ3n) is 4.55. The molecule has 0 spiro atoms. The van der Waals surface area contributed by atoms with Crippen molar-refractivity contribution in [2.24, 2.45) is 0 Å². The van der Waals surface area contributed by atoms with E-state index in [1.807, 2.05) is 18.2 Å². The minimum Gasteiger partial charge on any atom is -0.486 e. The Morgan fingerprint density at radius 3 is 2.66 bits per heavy atom. The monoisotopic (exact) mass is 406 g/mol. The lowest BCUT2D eigenvalue weighted by Crippen LogP contribution is -2.17. The second-order valence-electron chi connectivity index (χ2n) is 6.49. The summed E-state index contributed by atoms with van der Waals surface area (Å²) in [5, 5.41) is 3.44. The standard InChI is InChI=1S/C22H15ClN2O4/c23-16-4-2-1-3-15(16)22-25-17-12-14(6-8-18(17)29-22)24-21(26)13-5-7-19-20(11-13)28-10-9-27-19/h1-8,11-12H,9-10H2,(H,24,26). The van der Waals surface area contributed by atoms with E-state index < -0.39 is 0 Å². The first-order valence-corrected chi connectivity index (χ1v) is 9.42. The van der Waals surface area contributed by atoms with E-state index in [0.717, 1.165) is 0 Å². The Bertz CT molecular complexity index is 1230. The summed E-state index contributed by atoms with van der Waals surface area (Å²) in [7, 11) is 0. The summed E-state index contributed by atoms with van der Waals surface area (Å²) in [4.78, 5) is 17.1. The van der Waals surface area contributed by atoms with Crippen LogP contribution in [-0.4, -0.2) is 24.1 Å². The van der Waals surface area contributed by atoms with Crippen LogP contribution in [0.25, 0.3) is 22.6 Å². The van der Waals surface area contributed by atoms with Crippen molar-refractivity contribution in [1.29, 1.82) is 0 Å². The molecule has 6 nitrogen and oxygen atoms in total. The van der Waals surface area contributed by atoms with Gasteiger partial charge in [-0.2, -0.15) is 0 Å². The van der Waals surface area contributed by atoms with Crippen molar-refractivity contribution in [1.82, 2.24) is 4.98 Å². The number of benzene rings is 3. The van der Waals surface area contributed by atoms with Gasteiger partial charge in [-0.1, -0.05) is 23.7 Å². The number of nitrogens with zero attached hydrogens (tertiary/aromatic N) is 1. The summed E-state index contributed by atoms with van der Waals surface area (Å²) in [5.74, 6) is 1.39. The van der Waals surface area contributed by atoms with Crippen LogP contribution in [0.4, 0.5) is 5.69 Å². The predicted octanol–water partition coefficient (Wildman–Crippen LogP) is 5.17. The molecular formula is C22H15ClN2O4. The van der Waals surface area contributed by atoms with Gasteiger partial charge in [0, 0.05) is 11.3 Å². The lowest BCUT2D eigenvalue weighted by atomic mass is 10.1. The van der Waals surface area contributed by atoms with E-state index in [2.05, 4.69) is 10.3 Å². The van der Waals surface area contributed by atoms with E-state index >= 15 is 0 Å². The van der Waals surface area contributed by atoms with Crippen LogP contribution in [0.5, 0.6) is 11.5 Å². The summed E-state index contributed by atoms with van der Waals surface area (Å²) in [6.07, 6.45) is 0. The number of anilines is 1. The molecule has 0 saturated carbocycles. The second kappa shape index (κ2) is 7.14. The molecule has 29 heavy (non-hydrogen) atoms. The number of halogens is 1. The van der Waals surface area contributed by atoms with Crippen LogP contribution < -0.4 is 14.8 Å². The molecule has 1 amide bonds. The lowest BCUT2D eigenvalue weighted by molar-refractivity contribution is 0.102. The minimum absolute atomic E-state index is 0.254. The van der Waals surface area contributed by atoms with Crippen molar-refractivity contribution in [2.75, 3.05) is 18.5 Å². The molecule has 1 aliphatic rings. The van der Waals surface area contributed by atoms with Gasteiger partial charge < -0.3 is 19.2 Å². The van der Waals surface area contributed by atoms with Gasteiger partial charge in [-0.05, 0) is 48.5 Å². The van der Waals surface area contributed by atoms with E-state index in [4.69, 9.17) is 25.5 Å². The van der Waals surface area contributed by atoms with Gasteiger partial charge in [-0.15, -0.1) is 0 Å². The Morgan fingerprint density at radius 2 is 1.79 bits per heavy atom. The second-order valence-corrected chi connectivity index (χ2v) is 6.90. The van der Waals surface area contributed by atoms with Crippen LogP contribution in [0.3, 0.4) is 0 Å². The van der Waals surface area contributed by atoms with Crippen molar-refractivity contribution in [2.45, 2.75) is 0 Å². The van der Waals surface area contributed by atoms with Crippen molar-refractivity contribution in [3.8, 4) is 23.0 Å². The van der Waals surface area contributed by atoms with Crippen molar-refractivity contribution < 1.29 is 18.7 Å². The third-order valence-corrected chi connectivity index (χ3v) is 4.88. The quantitative estimate of drug-likeness (QED) is 0.508. The zero-order valence-electron chi connectivity index (χ0n) is 15.1. The van der Waals surface area contributed by atoms with Crippen LogP contribution >= 0.6 is 11.6 Å². The molecule has 1 aromatic heterocycles. The summed E-state index contributed by atoms with van der Waals surface area (Å²) >= 11 is 6.23. The molecule has 0 radical (unpaired) electrons. The summed E-state index contributed by atoms with van der Waals surface area (Å²) in [6.45, 7) is 0.973. The maximum atomic E-state index is 12.6. The average Bonchev–Trinajstić information content (AvgIpc) is 3.17. The number of rotatable bonds is 3. The fraction of sp³-hybridized carbons (Fsp3) is 0.0909. The minimum atomic E-state index is -0.254. The van der Waals surface area contributed by atoms with Crippen molar-refractivity contribution in [3.05, 3.63) is 71.2 Å². The number of hydrogen-bond donors (Lipinski definition) is 1. The van der Waals surface area contributed by atoms with Gasteiger partial charge in [0.15, 0.2) is 17.1 Å². The fourth-order valence-electron chi connectivity index (χ4n) is 3.14. The van der Waals surface area contributed by atoms with Gasteiger partial charge >= 0.3 is 0 Å². The van der Waals surface area contributed by atoms with Crippen LogP contribution in [-0.2, 0) is 0 Å². The first-order chi connectivity index (χ1) is 14.2. The normalized spacial score (nSPS) is 12.7. The highest BCUT2D eigenvalue weighted by Gasteiger charge is 2.16. The molecule has 1 N–H and O–H groups in total. The van der Waals surface area contributed by atoms with Crippen molar-refractivity contribution in [3.63, 3.8) is 0 Å². The van der Waals surface area contributed by atoms with E-state index in [1.54, 1.807) is 42.5 Å². The number of oxazole rings is 1. The molecule has 0 unspecified atom stereocenters. The first-order valence-electron chi connectivity index (χ1n) is 9.04. The molecule has 1 aliphatic heterocycles. The molecule has 144 valence electrons. The summed E-state index contributed by atoms with van der Waals surface area (Å²) in [5.41, 5.74) is 3.03. The molecule has 0 aliphatic carbocycles. The van der Waals surface area contributed by atoms with Crippen LogP contribution in [0, 0.1) is 0 Å². The van der Waals surface area contributed by atoms with E-state index in [1.165, 1.54) is 0 Å². The van der Waals surface area contributed by atoms with E-state index in [9.17, 15) is 4.79 Å². The molecule has 4 aromatic rings. The summed E-state index contributed by atoms with van der Waals surface area (Å²) < 4.78 is 16.8. The van der Waals surface area contributed by atoms with E-state index in [0.29, 0.717) is 63.5 Å². The molecule has 0 bridgehead atoms. The number of amides is 1. The number of aromatic nitrogens is 1. The Balaban J connectivity index is 1.41. The molecular weight excluding hydrogens is 392 g/mol. The fourth-order valence-corrected chi connectivity index (χ4v) is 3.36. The zero-order valence-corrected chi connectivity index (χ0v) is 15.9. The maximum absolute atomic E-state index is 12.6. The van der Waals surface area contributed by atoms with Crippen LogP contribution in [0.15, 0.2) is 65.1 Å². The number of nitrogens with one attached hydrogen (secondary N) is 1. The number of carbonyl (C=O) groups excluding carboxylic acids is 1. The van der Waals surface area contributed by atoms with Crippen LogP contribution in [0.2, 0.25) is 5.02 Å². The predicted molar refractivity (Wildman–Crippen MR) is 110 cm³/mol.